The van der Waals surface area contributed by atoms with Gasteiger partial charge < -0.3 is 40.1 Å². The van der Waals surface area contributed by atoms with Crippen LogP contribution in [0, 0.1) is 0 Å². The molecule has 2 aromatic rings. The van der Waals surface area contributed by atoms with Crippen LogP contribution in [0.1, 0.15) is 11.1 Å². The van der Waals surface area contributed by atoms with Crippen molar-refractivity contribution >= 4 is 18.1 Å². The van der Waals surface area contributed by atoms with Gasteiger partial charge in [-0.2, -0.15) is 0 Å². The summed E-state index contributed by atoms with van der Waals surface area (Å²) >= 11 is 0. The molecule has 0 saturated carbocycles. The van der Waals surface area contributed by atoms with Crippen LogP contribution >= 0.6 is 0 Å². The third kappa shape index (κ3) is 4.84. The molecule has 0 amide bonds. The standard InChI is InChI=1S/C20H20O9/c21-12-7-11(8-13(22)9-12)2-1-10-3-5-14(6-4-10)28-20-17(25)15(23)16(24)18(29-20)19(26)27/h1-9,15-18,20-25H,(H,26,27)/b2-1+/t15?,16-,17?,18?,20+/m1/s1. The van der Waals surface area contributed by atoms with E-state index in [1.807, 2.05) is 0 Å². The van der Waals surface area contributed by atoms with Crippen molar-refractivity contribution in [2.45, 2.75) is 30.7 Å². The molecular formula is C20H20O9. The SMILES string of the molecule is O=C(O)C1O[C@H](Oc2ccc(/C=C/c3cc(O)cc(O)c3)cc2)C(O)C(O)[C@H]1O. The Kier molecular flexibility index (Phi) is 6.04. The molecule has 9 nitrogen and oxygen atoms in total. The lowest BCUT2D eigenvalue weighted by molar-refractivity contribution is -0.271. The largest absolute Gasteiger partial charge is 0.508 e. The minimum absolute atomic E-state index is 0.0635. The summed E-state index contributed by atoms with van der Waals surface area (Å²) in [6, 6.07) is 10.6. The van der Waals surface area contributed by atoms with Gasteiger partial charge in [-0.3, -0.25) is 0 Å². The molecule has 29 heavy (non-hydrogen) atoms. The van der Waals surface area contributed by atoms with Gasteiger partial charge in [0.2, 0.25) is 6.29 Å². The Morgan fingerprint density at radius 2 is 1.45 bits per heavy atom. The summed E-state index contributed by atoms with van der Waals surface area (Å²) in [6.45, 7) is 0. The number of carboxylic acids is 1. The van der Waals surface area contributed by atoms with E-state index in [1.165, 1.54) is 18.2 Å². The number of hydrogen-bond donors (Lipinski definition) is 6. The van der Waals surface area contributed by atoms with Gasteiger partial charge in [-0.25, -0.2) is 4.79 Å². The van der Waals surface area contributed by atoms with E-state index >= 15 is 0 Å². The Morgan fingerprint density at radius 3 is 2.03 bits per heavy atom. The monoisotopic (exact) mass is 404 g/mol. The van der Waals surface area contributed by atoms with E-state index in [9.17, 15) is 30.3 Å². The lowest BCUT2D eigenvalue weighted by Crippen LogP contribution is -2.61. The summed E-state index contributed by atoms with van der Waals surface area (Å²) < 4.78 is 10.5. The van der Waals surface area contributed by atoms with E-state index in [-0.39, 0.29) is 17.2 Å². The summed E-state index contributed by atoms with van der Waals surface area (Å²) in [5, 5.41) is 57.5. The van der Waals surface area contributed by atoms with Crippen LogP contribution < -0.4 is 4.74 Å². The number of phenols is 2. The normalized spacial score (nSPS) is 27.1. The van der Waals surface area contributed by atoms with Gasteiger partial charge in [-0.15, -0.1) is 0 Å². The van der Waals surface area contributed by atoms with Crippen LogP contribution in [0.25, 0.3) is 12.2 Å². The summed E-state index contributed by atoms with van der Waals surface area (Å²) in [5.74, 6) is -1.37. The topological polar surface area (TPSA) is 157 Å². The van der Waals surface area contributed by atoms with Crippen molar-refractivity contribution in [3.63, 3.8) is 0 Å². The number of aliphatic hydroxyl groups is 3. The molecule has 0 radical (unpaired) electrons. The molecule has 1 aliphatic heterocycles. The first-order chi connectivity index (χ1) is 13.7. The average Bonchev–Trinajstić information content (AvgIpc) is 2.67. The Hall–Kier alpha value is -3.11. The van der Waals surface area contributed by atoms with E-state index in [0.717, 1.165) is 5.56 Å². The maximum Gasteiger partial charge on any atom is 0.335 e. The molecule has 5 atom stereocenters. The van der Waals surface area contributed by atoms with Crippen LogP contribution in [0.3, 0.4) is 0 Å². The molecular weight excluding hydrogens is 384 g/mol. The van der Waals surface area contributed by atoms with Crippen LogP contribution in [0.15, 0.2) is 42.5 Å². The molecule has 1 saturated heterocycles. The second-order valence-electron chi connectivity index (χ2n) is 6.54. The Morgan fingerprint density at radius 1 is 0.862 bits per heavy atom. The van der Waals surface area contributed by atoms with Crippen LogP contribution in [-0.2, 0) is 9.53 Å². The van der Waals surface area contributed by atoms with Gasteiger partial charge >= 0.3 is 5.97 Å². The Balaban J connectivity index is 1.68. The van der Waals surface area contributed by atoms with Gasteiger partial charge in [0.05, 0.1) is 0 Å². The number of aliphatic hydroxyl groups excluding tert-OH is 3. The minimum atomic E-state index is -1.79. The van der Waals surface area contributed by atoms with Crippen molar-refractivity contribution in [3.05, 3.63) is 53.6 Å². The summed E-state index contributed by atoms with van der Waals surface area (Å²) in [6.07, 6.45) is -4.98. The highest BCUT2D eigenvalue weighted by molar-refractivity contribution is 5.73. The van der Waals surface area contributed by atoms with Gasteiger partial charge in [0.15, 0.2) is 6.10 Å². The molecule has 1 heterocycles. The molecule has 0 bridgehead atoms. The fourth-order valence-corrected chi connectivity index (χ4v) is 2.85. The van der Waals surface area contributed by atoms with E-state index in [0.29, 0.717) is 5.56 Å². The van der Waals surface area contributed by atoms with Gasteiger partial charge in [-0.05, 0) is 35.4 Å². The highest BCUT2D eigenvalue weighted by atomic mass is 16.7. The molecule has 1 aliphatic rings. The molecule has 0 aromatic heterocycles. The zero-order valence-electron chi connectivity index (χ0n) is 15.0. The van der Waals surface area contributed by atoms with Crippen LogP contribution in [0.5, 0.6) is 17.2 Å². The van der Waals surface area contributed by atoms with Crippen LogP contribution in [-0.4, -0.2) is 67.3 Å². The number of carboxylic acid groups (broad SMARTS) is 1. The maximum atomic E-state index is 11.1. The second-order valence-corrected chi connectivity index (χ2v) is 6.54. The molecule has 0 aliphatic carbocycles. The Labute approximate surface area is 165 Å². The van der Waals surface area contributed by atoms with Gasteiger partial charge in [0.25, 0.3) is 0 Å². The average molecular weight is 404 g/mol. The number of ether oxygens (including phenoxy) is 2. The lowest BCUT2D eigenvalue weighted by Gasteiger charge is -2.38. The third-order valence-corrected chi connectivity index (χ3v) is 4.34. The predicted octanol–water partition coefficient (Wildman–Crippen LogP) is 0.539. The number of carbonyl (C=O) groups is 1. The number of hydrogen-bond acceptors (Lipinski definition) is 8. The summed E-state index contributed by atoms with van der Waals surface area (Å²) in [5.41, 5.74) is 1.35. The zero-order chi connectivity index (χ0) is 21.1. The molecule has 154 valence electrons. The van der Waals surface area contributed by atoms with Crippen LogP contribution in [0.2, 0.25) is 0 Å². The van der Waals surface area contributed by atoms with Gasteiger partial charge in [-0.1, -0.05) is 24.3 Å². The van der Waals surface area contributed by atoms with Crippen molar-refractivity contribution in [2.24, 2.45) is 0 Å². The molecule has 2 aromatic carbocycles. The lowest BCUT2D eigenvalue weighted by atomic mass is 9.99. The third-order valence-electron chi connectivity index (χ3n) is 4.34. The maximum absolute atomic E-state index is 11.1. The number of aromatic hydroxyl groups is 2. The van der Waals surface area contributed by atoms with Crippen molar-refractivity contribution in [2.75, 3.05) is 0 Å². The fraction of sp³-hybridized carbons (Fsp3) is 0.250. The van der Waals surface area contributed by atoms with Crippen LogP contribution in [0.4, 0.5) is 0 Å². The number of rotatable bonds is 5. The van der Waals surface area contributed by atoms with Crippen molar-refractivity contribution in [3.8, 4) is 17.2 Å². The van der Waals surface area contributed by atoms with Gasteiger partial charge in [0.1, 0.15) is 35.6 Å². The molecule has 1 fully saturated rings. The summed E-state index contributed by atoms with van der Waals surface area (Å²) in [4.78, 5) is 11.1. The molecule has 6 N–H and O–H groups in total. The van der Waals surface area contributed by atoms with Gasteiger partial charge in [0, 0.05) is 6.07 Å². The van der Waals surface area contributed by atoms with Crippen molar-refractivity contribution in [1.29, 1.82) is 0 Å². The smallest absolute Gasteiger partial charge is 0.335 e. The zero-order valence-corrected chi connectivity index (χ0v) is 15.0. The first-order valence-electron chi connectivity index (χ1n) is 8.65. The van der Waals surface area contributed by atoms with E-state index in [2.05, 4.69) is 0 Å². The summed E-state index contributed by atoms with van der Waals surface area (Å²) in [7, 11) is 0. The van der Waals surface area contributed by atoms with E-state index in [4.69, 9.17) is 14.6 Å². The minimum Gasteiger partial charge on any atom is -0.508 e. The number of benzene rings is 2. The number of phenolic OH excluding ortho intramolecular Hbond substituents is 2. The van der Waals surface area contributed by atoms with E-state index < -0.39 is 36.7 Å². The highest BCUT2D eigenvalue weighted by Gasteiger charge is 2.48. The van der Waals surface area contributed by atoms with E-state index in [1.54, 1.807) is 36.4 Å². The second kappa shape index (κ2) is 8.50. The molecule has 0 spiro atoms. The molecule has 9 heteroatoms. The quantitative estimate of drug-likeness (QED) is 0.391. The van der Waals surface area contributed by atoms with Crippen molar-refractivity contribution < 1.29 is 44.9 Å². The molecule has 3 unspecified atom stereocenters. The first kappa shape index (κ1) is 20.6. The predicted molar refractivity (Wildman–Crippen MR) is 100 cm³/mol. The number of aliphatic carboxylic acids is 1. The highest BCUT2D eigenvalue weighted by Crippen LogP contribution is 2.26. The fourth-order valence-electron chi connectivity index (χ4n) is 2.85. The Bertz CT molecular complexity index is 873. The first-order valence-corrected chi connectivity index (χ1v) is 8.65. The molecule has 3 rings (SSSR count). The van der Waals surface area contributed by atoms with Crippen molar-refractivity contribution in [1.82, 2.24) is 0 Å².